The molecule has 19 heteroatoms. The van der Waals surface area contributed by atoms with E-state index in [2.05, 4.69) is 0 Å². The maximum Gasteiger partial charge on any atom is 0.401 e. The van der Waals surface area contributed by atoms with Gasteiger partial charge in [-0.2, -0.15) is 0 Å². The molecule has 0 aliphatic rings. The number of carboxylic acids is 2. The van der Waals surface area contributed by atoms with Gasteiger partial charge in [-0.25, -0.2) is 10.6 Å². The number of carboxylic acid groups (broad SMARTS) is 2. The Morgan fingerprint density at radius 3 is 1.18 bits per heavy atom. The summed E-state index contributed by atoms with van der Waals surface area (Å²) in [6.07, 6.45) is 0. The maximum atomic E-state index is 11.2. The lowest BCUT2D eigenvalue weighted by Gasteiger charge is -2.28. The number of nitrogens with one attached hydrogen (secondary N) is 2. The molecule has 2 rings (SSSR count). The molecule has 2 unspecified atom stereocenters. The zero-order chi connectivity index (χ0) is 29.0. The van der Waals surface area contributed by atoms with E-state index in [-0.39, 0.29) is 18.7 Å². The van der Waals surface area contributed by atoms with E-state index in [9.17, 15) is 28.9 Å². The van der Waals surface area contributed by atoms with Crippen LogP contribution in [0.15, 0.2) is 60.7 Å². The zero-order valence-corrected chi connectivity index (χ0v) is 21.8. The highest BCUT2D eigenvalue weighted by Gasteiger charge is 2.48. The Morgan fingerprint density at radius 2 is 0.949 bits per heavy atom. The van der Waals surface area contributed by atoms with E-state index in [1.807, 2.05) is 0 Å². The van der Waals surface area contributed by atoms with E-state index < -0.39 is 51.5 Å². The third kappa shape index (κ3) is 12.9. The molecule has 220 valence electrons. The molecule has 0 amide bonds. The van der Waals surface area contributed by atoms with Crippen LogP contribution in [-0.4, -0.2) is 81.8 Å². The summed E-state index contributed by atoms with van der Waals surface area (Å²) in [6.45, 7) is -2.32. The summed E-state index contributed by atoms with van der Waals surface area (Å²) in [5, 5.41) is 39.8. The minimum absolute atomic E-state index is 0. The molecule has 2 atom stereocenters. The van der Waals surface area contributed by atoms with E-state index >= 15 is 0 Å². The van der Waals surface area contributed by atoms with Gasteiger partial charge < -0.3 is 54.9 Å². The first kappa shape index (κ1) is 36.4. The molecule has 0 heterocycles. The predicted molar refractivity (Wildman–Crippen MR) is 131 cm³/mol. The molecule has 0 saturated carbocycles. The van der Waals surface area contributed by atoms with Gasteiger partial charge >= 0.3 is 38.4 Å². The third-order valence-electron chi connectivity index (χ3n) is 4.30. The maximum absolute atomic E-state index is 11.2. The highest BCUT2D eigenvalue weighted by Crippen LogP contribution is 2.48. The SMILES string of the molecule is O.O=C(O)CNC(O)(OCc1ccccc1)P(=O)(O)O.O=C(O)CNC(O)(OCc1ccccc1)P(=O)(O)O. The van der Waals surface area contributed by atoms with Gasteiger partial charge in [0.05, 0.1) is 26.3 Å². The molecule has 0 aliphatic heterocycles. The van der Waals surface area contributed by atoms with E-state index in [0.717, 1.165) is 0 Å². The van der Waals surface area contributed by atoms with Crippen molar-refractivity contribution in [3.63, 3.8) is 0 Å². The van der Waals surface area contributed by atoms with Crippen LogP contribution in [0, 0.1) is 0 Å². The molecule has 0 bridgehead atoms. The van der Waals surface area contributed by atoms with Gasteiger partial charge in [-0.05, 0) is 11.1 Å². The monoisotopic (exact) mass is 600 g/mol. The van der Waals surface area contributed by atoms with Crippen LogP contribution in [0.5, 0.6) is 0 Å². The smallest absolute Gasteiger partial charge is 0.401 e. The first-order valence-corrected chi connectivity index (χ1v) is 13.6. The number of hydrogen-bond donors (Lipinski definition) is 10. The molecule has 17 nitrogen and oxygen atoms in total. The molecule has 0 saturated heterocycles. The van der Waals surface area contributed by atoms with Crippen molar-refractivity contribution in [2.24, 2.45) is 0 Å². The third-order valence-corrected chi connectivity index (χ3v) is 6.45. The fourth-order valence-corrected chi connectivity index (χ4v) is 3.41. The molecule has 39 heavy (non-hydrogen) atoms. The molecule has 2 aromatic rings. The van der Waals surface area contributed by atoms with Crippen molar-refractivity contribution < 1.29 is 73.7 Å². The van der Waals surface area contributed by atoms with Crippen molar-refractivity contribution >= 4 is 27.1 Å². The molecular formula is C20H30N2O15P2. The van der Waals surface area contributed by atoms with Gasteiger partial charge in [0, 0.05) is 0 Å². The fraction of sp³-hybridized carbons (Fsp3) is 0.300. The Kier molecular flexibility index (Phi) is 14.8. The van der Waals surface area contributed by atoms with Gasteiger partial charge in [0.15, 0.2) is 0 Å². The topological polar surface area (TPSA) is 304 Å². The van der Waals surface area contributed by atoms with Gasteiger partial charge in [-0.1, -0.05) is 60.7 Å². The minimum Gasteiger partial charge on any atom is -0.480 e. The van der Waals surface area contributed by atoms with Gasteiger partial charge in [-0.15, -0.1) is 0 Å². The molecule has 0 aromatic heterocycles. The molecule has 12 N–H and O–H groups in total. The summed E-state index contributed by atoms with van der Waals surface area (Å²) in [4.78, 5) is 56.8. The first-order valence-electron chi connectivity index (χ1n) is 10.3. The van der Waals surface area contributed by atoms with Gasteiger partial charge in [-0.3, -0.25) is 18.7 Å². The van der Waals surface area contributed by atoms with Crippen LogP contribution in [0.2, 0.25) is 0 Å². The van der Waals surface area contributed by atoms with E-state index in [1.54, 1.807) is 71.3 Å². The number of benzene rings is 2. The second kappa shape index (κ2) is 15.9. The highest BCUT2D eigenvalue weighted by molar-refractivity contribution is 7.53. The Morgan fingerprint density at radius 1 is 0.667 bits per heavy atom. The lowest BCUT2D eigenvalue weighted by molar-refractivity contribution is -0.183. The molecule has 0 radical (unpaired) electrons. The summed E-state index contributed by atoms with van der Waals surface area (Å²) in [7, 11) is -10.2. The summed E-state index contributed by atoms with van der Waals surface area (Å²) in [5.74, 6) is -2.79. The fourth-order valence-electron chi connectivity index (χ4n) is 2.37. The summed E-state index contributed by atoms with van der Waals surface area (Å²) in [6, 6.07) is 16.7. The molecule has 0 fully saturated rings. The Balaban J connectivity index is 0.000000722. The van der Waals surface area contributed by atoms with Gasteiger partial charge in [0.25, 0.3) is 0 Å². The Bertz CT molecular complexity index is 1040. The lowest BCUT2D eigenvalue weighted by Crippen LogP contribution is -2.49. The standard InChI is InChI=1S/2C10H14NO7P.H2O/c2*12-9(13)6-11-10(14,19(15,16)17)18-7-8-4-2-1-3-5-8;/h2*1-5,11,14H,6-7H2,(H,12,13)(H2,15,16,17);1H2. The quantitative estimate of drug-likeness (QED) is 0.0870. The van der Waals surface area contributed by atoms with Gasteiger partial charge in [0.2, 0.25) is 0 Å². The number of ether oxygens (including phenoxy) is 2. The second-order valence-corrected chi connectivity index (χ2v) is 10.7. The number of carbonyl (C=O) groups is 2. The molecule has 2 aromatic carbocycles. The van der Waals surface area contributed by atoms with Crippen LogP contribution in [0.25, 0.3) is 0 Å². The number of hydrogen-bond acceptors (Lipinski definition) is 10. The summed E-state index contributed by atoms with van der Waals surface area (Å²) >= 11 is 0. The van der Waals surface area contributed by atoms with Crippen LogP contribution in [-0.2, 0) is 41.4 Å². The molecule has 0 spiro atoms. The van der Waals surface area contributed by atoms with Crippen LogP contribution < -0.4 is 10.6 Å². The van der Waals surface area contributed by atoms with Crippen LogP contribution in [0.1, 0.15) is 11.1 Å². The average Bonchev–Trinajstić information content (AvgIpc) is 2.84. The largest absolute Gasteiger partial charge is 0.480 e. The van der Waals surface area contributed by atoms with Crippen LogP contribution >= 0.6 is 15.2 Å². The lowest BCUT2D eigenvalue weighted by atomic mass is 10.2. The Hall–Kier alpha value is -2.60. The highest BCUT2D eigenvalue weighted by atomic mass is 31.2. The summed E-state index contributed by atoms with van der Waals surface area (Å²) < 4.78 is 31.8. The van der Waals surface area contributed by atoms with Gasteiger partial charge in [0.1, 0.15) is 0 Å². The zero-order valence-electron chi connectivity index (χ0n) is 20.0. The minimum atomic E-state index is -5.12. The van der Waals surface area contributed by atoms with E-state index in [0.29, 0.717) is 11.1 Å². The number of aliphatic hydroxyl groups is 2. The van der Waals surface area contributed by atoms with Crippen LogP contribution in [0.4, 0.5) is 0 Å². The molecule has 0 aliphatic carbocycles. The predicted octanol–water partition coefficient (Wildman–Crippen LogP) is -1.51. The summed E-state index contributed by atoms with van der Waals surface area (Å²) in [5.41, 5.74) is -4.96. The van der Waals surface area contributed by atoms with Crippen molar-refractivity contribution in [1.29, 1.82) is 0 Å². The van der Waals surface area contributed by atoms with Crippen molar-refractivity contribution in [3.8, 4) is 0 Å². The van der Waals surface area contributed by atoms with E-state index in [1.165, 1.54) is 0 Å². The Labute approximate surface area is 221 Å². The number of rotatable bonds is 14. The van der Waals surface area contributed by atoms with Crippen molar-refractivity contribution in [1.82, 2.24) is 10.6 Å². The normalized spacial score (nSPS) is 14.5. The number of aliphatic carboxylic acids is 2. The van der Waals surface area contributed by atoms with Crippen LogP contribution in [0.3, 0.4) is 0 Å². The van der Waals surface area contributed by atoms with Crippen molar-refractivity contribution in [3.05, 3.63) is 71.8 Å². The van der Waals surface area contributed by atoms with E-state index in [4.69, 9.17) is 39.3 Å². The van der Waals surface area contributed by atoms with Crippen molar-refractivity contribution in [2.75, 3.05) is 13.1 Å². The molecular weight excluding hydrogens is 570 g/mol. The first-order chi connectivity index (χ1) is 17.5. The second-order valence-electron chi connectivity index (χ2n) is 7.35. The van der Waals surface area contributed by atoms with Crippen molar-refractivity contribution in [2.45, 2.75) is 24.5 Å². The average molecular weight is 600 g/mol.